The molecule has 6 nitrogen and oxygen atoms in total. The number of rotatable bonds is 8. The highest BCUT2D eigenvalue weighted by atomic mass is 19.4. The molecular weight excluding hydrogens is 505 g/mol. The van der Waals surface area contributed by atoms with E-state index in [0.717, 1.165) is 12.5 Å². The predicted octanol–water partition coefficient (Wildman–Crippen LogP) is 5.40. The zero-order valence-electron chi connectivity index (χ0n) is 21.1. The zero-order valence-corrected chi connectivity index (χ0v) is 21.1. The number of nitrogens with one attached hydrogen (secondary N) is 1. The second-order valence-corrected chi connectivity index (χ2v) is 10.3. The molecule has 2 heterocycles. The van der Waals surface area contributed by atoms with Crippen LogP contribution < -0.4 is 10.2 Å². The molecule has 1 N–H and O–H groups in total. The molecule has 5 rings (SSSR count). The lowest BCUT2D eigenvalue weighted by atomic mass is 9.60. The van der Waals surface area contributed by atoms with Crippen LogP contribution in [0.2, 0.25) is 0 Å². The highest BCUT2D eigenvalue weighted by Gasteiger charge is 2.57. The highest BCUT2D eigenvalue weighted by molar-refractivity contribution is 6.10. The minimum absolute atomic E-state index is 0.0162. The van der Waals surface area contributed by atoms with Gasteiger partial charge in [-0.15, -0.1) is 10.2 Å². The molecule has 0 radical (unpaired) electrons. The molecule has 38 heavy (non-hydrogen) atoms. The van der Waals surface area contributed by atoms with Gasteiger partial charge in [0.15, 0.2) is 0 Å². The van der Waals surface area contributed by atoms with E-state index in [2.05, 4.69) is 15.5 Å². The van der Waals surface area contributed by atoms with Crippen LogP contribution in [-0.2, 0) is 38.1 Å². The Labute approximate surface area is 216 Å². The van der Waals surface area contributed by atoms with Gasteiger partial charge in [-0.05, 0) is 53.9 Å². The number of carbonyl (C=O) groups is 1. The van der Waals surface area contributed by atoms with E-state index < -0.39 is 41.8 Å². The molecule has 2 aliphatic rings. The number of hydrogen-bond donors (Lipinski definition) is 1. The molecule has 0 saturated heterocycles. The predicted molar refractivity (Wildman–Crippen MR) is 131 cm³/mol. The van der Waals surface area contributed by atoms with Crippen molar-refractivity contribution in [3.05, 3.63) is 76.4 Å². The third-order valence-corrected chi connectivity index (χ3v) is 7.43. The van der Waals surface area contributed by atoms with Gasteiger partial charge >= 0.3 is 6.18 Å². The first-order chi connectivity index (χ1) is 17.9. The van der Waals surface area contributed by atoms with Crippen LogP contribution >= 0.6 is 0 Å². The summed E-state index contributed by atoms with van der Waals surface area (Å²) in [7, 11) is 1.74. The molecule has 1 amide bonds. The smallest absolute Gasteiger partial charge is 0.321 e. The van der Waals surface area contributed by atoms with Crippen LogP contribution in [0.3, 0.4) is 0 Å². The molecule has 1 fully saturated rings. The summed E-state index contributed by atoms with van der Waals surface area (Å²) in [4.78, 5) is 14.7. The molecule has 0 atom stereocenters. The van der Waals surface area contributed by atoms with Crippen LogP contribution in [0.4, 0.5) is 27.6 Å². The number of benzene rings is 2. The first-order valence-corrected chi connectivity index (χ1v) is 12.5. The monoisotopic (exact) mass is 533 g/mol. The molecular formula is C27H28F5N5O. The zero-order chi connectivity index (χ0) is 27.3. The van der Waals surface area contributed by atoms with Crippen LogP contribution in [0.1, 0.15) is 64.6 Å². The summed E-state index contributed by atoms with van der Waals surface area (Å²) in [6.07, 6.45) is -2.86. The van der Waals surface area contributed by atoms with Gasteiger partial charge in [-0.1, -0.05) is 19.1 Å². The number of hydrogen-bond acceptors (Lipinski definition) is 4. The lowest BCUT2D eigenvalue weighted by Crippen LogP contribution is -2.51. The van der Waals surface area contributed by atoms with Crippen molar-refractivity contribution < 1.29 is 26.7 Å². The van der Waals surface area contributed by atoms with Gasteiger partial charge in [0.1, 0.15) is 12.2 Å². The Morgan fingerprint density at radius 1 is 1.13 bits per heavy atom. The number of alkyl halides is 5. The Morgan fingerprint density at radius 2 is 1.89 bits per heavy atom. The Kier molecular flexibility index (Phi) is 6.53. The summed E-state index contributed by atoms with van der Waals surface area (Å²) < 4.78 is 72.0. The van der Waals surface area contributed by atoms with E-state index in [1.807, 2.05) is 6.92 Å². The summed E-state index contributed by atoms with van der Waals surface area (Å²) in [5.41, 5.74) is -0.465. The van der Waals surface area contributed by atoms with Crippen LogP contribution in [0, 0.1) is 0 Å². The number of aromatic nitrogens is 3. The molecule has 1 aliphatic carbocycles. The van der Waals surface area contributed by atoms with E-state index in [1.54, 1.807) is 35.9 Å². The Bertz CT molecular complexity index is 1360. The average molecular weight is 534 g/mol. The van der Waals surface area contributed by atoms with E-state index in [0.29, 0.717) is 29.2 Å². The van der Waals surface area contributed by atoms with Crippen molar-refractivity contribution in [1.82, 2.24) is 20.1 Å². The van der Waals surface area contributed by atoms with Gasteiger partial charge in [0.2, 0.25) is 5.92 Å². The van der Waals surface area contributed by atoms with Crippen LogP contribution in [0.15, 0.2) is 42.7 Å². The maximum absolute atomic E-state index is 14.2. The van der Waals surface area contributed by atoms with E-state index in [1.165, 1.54) is 17.3 Å². The standard InChI is InChI=1S/C27H28F5N5O/c1-3-7-33-12-17-8-20-21(22(9-17)27(30,31)32)13-37(24(20)38)19-6-4-5-18(10-19)25(14-26(28,29)15-25)11-23-35-34-16-36(23)2/h4-6,8-10,16,33H,3,7,11-15H2,1-2H3. The number of anilines is 1. The van der Waals surface area contributed by atoms with Gasteiger partial charge in [0.05, 0.1) is 12.1 Å². The summed E-state index contributed by atoms with van der Waals surface area (Å²) in [6, 6.07) is 9.26. The topological polar surface area (TPSA) is 63.0 Å². The fraction of sp³-hybridized carbons (Fsp3) is 0.444. The van der Waals surface area contributed by atoms with Crippen molar-refractivity contribution >= 4 is 11.6 Å². The van der Waals surface area contributed by atoms with Crippen molar-refractivity contribution in [3.8, 4) is 0 Å². The van der Waals surface area contributed by atoms with Gasteiger partial charge in [-0.25, -0.2) is 8.78 Å². The minimum atomic E-state index is -4.62. The third kappa shape index (κ3) is 4.79. The SMILES string of the molecule is CCCNCc1cc2c(c(C(F)(F)F)c1)CN(c1cccc(C3(Cc4nncn4C)CC(F)(F)C3)c1)C2=O. The van der Waals surface area contributed by atoms with Gasteiger partial charge in [-0.2, -0.15) is 13.2 Å². The summed E-state index contributed by atoms with van der Waals surface area (Å²) in [5, 5.41) is 11.0. The summed E-state index contributed by atoms with van der Waals surface area (Å²) >= 11 is 0. The van der Waals surface area contributed by atoms with Crippen LogP contribution in [-0.4, -0.2) is 33.1 Å². The molecule has 1 aromatic heterocycles. The molecule has 1 aliphatic heterocycles. The Morgan fingerprint density at radius 3 is 2.53 bits per heavy atom. The maximum atomic E-state index is 14.2. The van der Waals surface area contributed by atoms with E-state index in [4.69, 9.17) is 0 Å². The normalized spacial score (nSPS) is 18.0. The van der Waals surface area contributed by atoms with Crippen LogP contribution in [0.25, 0.3) is 0 Å². The fourth-order valence-electron chi connectivity index (χ4n) is 5.58. The number of halogens is 5. The number of amides is 1. The average Bonchev–Trinajstić information content (AvgIpc) is 3.39. The van der Waals surface area contributed by atoms with Crippen molar-refractivity contribution in [2.45, 2.75) is 63.2 Å². The highest BCUT2D eigenvalue weighted by Crippen LogP contribution is 2.55. The molecule has 202 valence electrons. The number of carbonyl (C=O) groups excluding carboxylic acids is 1. The number of aryl methyl sites for hydroxylation is 1. The minimum Gasteiger partial charge on any atom is -0.321 e. The molecule has 2 aromatic carbocycles. The largest absolute Gasteiger partial charge is 0.416 e. The number of nitrogens with zero attached hydrogens (tertiary/aromatic N) is 4. The maximum Gasteiger partial charge on any atom is 0.416 e. The Hall–Kier alpha value is -3.34. The van der Waals surface area contributed by atoms with E-state index in [9.17, 15) is 26.7 Å². The summed E-state index contributed by atoms with van der Waals surface area (Å²) in [6.45, 7) is 2.56. The van der Waals surface area contributed by atoms with Crippen molar-refractivity contribution in [3.63, 3.8) is 0 Å². The molecule has 0 spiro atoms. The number of fused-ring (bicyclic) bond motifs is 1. The lowest BCUT2D eigenvalue weighted by Gasteiger charge is -2.48. The van der Waals surface area contributed by atoms with E-state index in [-0.39, 0.29) is 30.6 Å². The van der Waals surface area contributed by atoms with Crippen LogP contribution in [0.5, 0.6) is 0 Å². The molecule has 0 bridgehead atoms. The third-order valence-electron chi connectivity index (χ3n) is 7.43. The molecule has 3 aromatic rings. The second-order valence-electron chi connectivity index (χ2n) is 10.3. The first kappa shape index (κ1) is 26.3. The van der Waals surface area contributed by atoms with Gasteiger partial charge in [0, 0.05) is 49.5 Å². The first-order valence-electron chi connectivity index (χ1n) is 12.5. The van der Waals surface area contributed by atoms with Crippen molar-refractivity contribution in [2.24, 2.45) is 7.05 Å². The Balaban J connectivity index is 1.49. The quantitative estimate of drug-likeness (QED) is 0.311. The second kappa shape index (κ2) is 9.44. The molecule has 11 heteroatoms. The summed E-state index contributed by atoms with van der Waals surface area (Å²) in [5.74, 6) is -2.83. The lowest BCUT2D eigenvalue weighted by molar-refractivity contribution is -0.138. The fourth-order valence-corrected chi connectivity index (χ4v) is 5.58. The van der Waals surface area contributed by atoms with Crippen molar-refractivity contribution in [2.75, 3.05) is 11.4 Å². The molecule has 0 unspecified atom stereocenters. The van der Waals surface area contributed by atoms with Gasteiger partial charge < -0.3 is 14.8 Å². The van der Waals surface area contributed by atoms with E-state index >= 15 is 0 Å². The van der Waals surface area contributed by atoms with Gasteiger partial charge in [0.25, 0.3) is 5.91 Å². The molecule has 1 saturated carbocycles. The van der Waals surface area contributed by atoms with Crippen molar-refractivity contribution in [1.29, 1.82) is 0 Å². The van der Waals surface area contributed by atoms with Gasteiger partial charge in [-0.3, -0.25) is 4.79 Å².